The van der Waals surface area contributed by atoms with Crippen molar-refractivity contribution in [3.63, 3.8) is 0 Å². The Morgan fingerprint density at radius 3 is 1.95 bits per heavy atom. The number of phenolic OH excluding ortho intramolecular Hbond substituents is 1. The second-order valence-electron chi connectivity index (χ2n) is 6.99. The van der Waals surface area contributed by atoms with Crippen molar-refractivity contribution < 1.29 is 15.0 Å². The minimum Gasteiger partial charge on any atom is -0.512 e. The summed E-state index contributed by atoms with van der Waals surface area (Å²) >= 11 is 0. The Hall–Kier alpha value is -1.77. The molecular weight excluding hydrogens is 276 g/mol. The predicted octanol–water partition coefficient (Wildman–Crippen LogP) is 4.45. The molecule has 0 aromatic heterocycles. The average Bonchev–Trinajstić information content (AvgIpc) is 2.52. The van der Waals surface area contributed by atoms with Gasteiger partial charge in [0.2, 0.25) is 0 Å². The van der Waals surface area contributed by atoms with Gasteiger partial charge in [-0.2, -0.15) is 0 Å². The molecule has 0 saturated heterocycles. The summed E-state index contributed by atoms with van der Waals surface area (Å²) < 4.78 is 0. The molecule has 0 amide bonds. The summed E-state index contributed by atoms with van der Waals surface area (Å²) in [5, 5.41) is 20.4. The van der Waals surface area contributed by atoms with E-state index in [-0.39, 0.29) is 17.3 Å². The molecule has 0 spiro atoms. The lowest BCUT2D eigenvalue weighted by Gasteiger charge is -2.26. The summed E-state index contributed by atoms with van der Waals surface area (Å²) in [4.78, 5) is 12.8. The first-order valence-electron chi connectivity index (χ1n) is 8.21. The highest BCUT2D eigenvalue weighted by atomic mass is 16.3. The molecule has 0 unspecified atom stereocenters. The van der Waals surface area contributed by atoms with Crippen LogP contribution in [0.15, 0.2) is 17.9 Å². The summed E-state index contributed by atoms with van der Waals surface area (Å²) in [7, 11) is 0. The third-order valence-electron chi connectivity index (χ3n) is 5.26. The predicted molar refractivity (Wildman–Crippen MR) is 86.8 cm³/mol. The van der Waals surface area contributed by atoms with Crippen molar-refractivity contribution in [3.05, 3.63) is 34.6 Å². The summed E-state index contributed by atoms with van der Waals surface area (Å²) in [6.07, 6.45) is 5.57. The SMILES string of the molecule is Cc1cc(O)cc(C)c1/C1=C(\O)CC2CCC(CC2)CC1=O. The van der Waals surface area contributed by atoms with E-state index in [4.69, 9.17) is 0 Å². The molecule has 3 nitrogen and oxygen atoms in total. The van der Waals surface area contributed by atoms with Gasteiger partial charge in [0, 0.05) is 12.8 Å². The van der Waals surface area contributed by atoms with Crippen molar-refractivity contribution in [1.29, 1.82) is 0 Å². The smallest absolute Gasteiger partial charge is 0.167 e. The summed E-state index contributed by atoms with van der Waals surface area (Å²) in [6, 6.07) is 3.33. The number of aromatic hydroxyl groups is 1. The lowest BCUT2D eigenvalue weighted by molar-refractivity contribution is -0.114. The van der Waals surface area contributed by atoms with E-state index in [0.717, 1.165) is 42.4 Å². The fourth-order valence-corrected chi connectivity index (χ4v) is 4.16. The number of fused-ring (bicyclic) bond motifs is 5. The Balaban J connectivity index is 2.12. The van der Waals surface area contributed by atoms with Gasteiger partial charge in [-0.25, -0.2) is 0 Å². The summed E-state index contributed by atoms with van der Waals surface area (Å²) in [6.45, 7) is 3.77. The van der Waals surface area contributed by atoms with Crippen LogP contribution in [0.2, 0.25) is 0 Å². The van der Waals surface area contributed by atoms with Crippen LogP contribution in [-0.2, 0) is 4.79 Å². The normalized spacial score (nSPS) is 29.1. The maximum Gasteiger partial charge on any atom is 0.167 e. The molecule has 0 heterocycles. The van der Waals surface area contributed by atoms with Crippen LogP contribution < -0.4 is 0 Å². The lowest BCUT2D eigenvalue weighted by Crippen LogP contribution is -2.15. The molecular formula is C19H24O3. The van der Waals surface area contributed by atoms with Crippen LogP contribution in [0.3, 0.4) is 0 Å². The van der Waals surface area contributed by atoms with Gasteiger partial charge in [0.15, 0.2) is 5.78 Å². The third kappa shape index (κ3) is 2.77. The molecule has 1 aromatic rings. The molecule has 4 rings (SSSR count). The molecule has 3 heteroatoms. The number of phenols is 1. The summed E-state index contributed by atoms with van der Waals surface area (Å²) in [5.41, 5.74) is 2.99. The van der Waals surface area contributed by atoms with Crippen molar-refractivity contribution in [2.24, 2.45) is 11.8 Å². The van der Waals surface area contributed by atoms with E-state index >= 15 is 0 Å². The van der Waals surface area contributed by atoms with Crippen molar-refractivity contribution in [1.82, 2.24) is 0 Å². The molecule has 118 valence electrons. The number of hydrogen-bond acceptors (Lipinski definition) is 3. The van der Waals surface area contributed by atoms with Crippen LogP contribution in [0, 0.1) is 25.7 Å². The number of allylic oxidation sites excluding steroid dienone is 2. The number of aliphatic hydroxyl groups is 1. The van der Waals surface area contributed by atoms with Gasteiger partial charge < -0.3 is 10.2 Å². The van der Waals surface area contributed by atoms with E-state index in [1.54, 1.807) is 12.1 Å². The number of aliphatic hydroxyl groups excluding tert-OH is 1. The maximum atomic E-state index is 12.8. The topological polar surface area (TPSA) is 57.5 Å². The highest BCUT2D eigenvalue weighted by molar-refractivity contribution is 6.22. The van der Waals surface area contributed by atoms with Crippen LogP contribution in [0.25, 0.3) is 5.57 Å². The first kappa shape index (κ1) is 15.1. The van der Waals surface area contributed by atoms with Crippen LogP contribution in [0.5, 0.6) is 5.75 Å². The van der Waals surface area contributed by atoms with Crippen molar-refractivity contribution in [2.45, 2.75) is 52.4 Å². The largest absolute Gasteiger partial charge is 0.512 e. The van der Waals surface area contributed by atoms with E-state index in [1.165, 1.54) is 0 Å². The van der Waals surface area contributed by atoms with Crippen molar-refractivity contribution in [2.75, 3.05) is 0 Å². The zero-order valence-corrected chi connectivity index (χ0v) is 13.4. The maximum absolute atomic E-state index is 12.8. The molecule has 0 atom stereocenters. The fraction of sp³-hybridized carbons (Fsp3) is 0.526. The first-order valence-corrected chi connectivity index (χ1v) is 8.21. The van der Waals surface area contributed by atoms with Crippen LogP contribution >= 0.6 is 0 Å². The van der Waals surface area contributed by atoms with Gasteiger partial charge in [0.1, 0.15) is 11.5 Å². The Bertz CT molecular complexity index is 611. The number of hydrogen-bond donors (Lipinski definition) is 2. The third-order valence-corrected chi connectivity index (χ3v) is 5.26. The van der Waals surface area contributed by atoms with E-state index < -0.39 is 0 Å². The zero-order valence-electron chi connectivity index (χ0n) is 13.4. The Morgan fingerprint density at radius 2 is 1.41 bits per heavy atom. The second-order valence-corrected chi connectivity index (χ2v) is 6.99. The second kappa shape index (κ2) is 5.79. The Labute approximate surface area is 131 Å². The number of rotatable bonds is 1. The fourth-order valence-electron chi connectivity index (χ4n) is 4.16. The molecule has 3 aliphatic carbocycles. The number of benzene rings is 1. The molecule has 2 bridgehead atoms. The Kier molecular flexibility index (Phi) is 3.98. The highest BCUT2D eigenvalue weighted by Crippen LogP contribution is 2.40. The molecule has 0 aliphatic heterocycles. The number of Topliss-reactive ketones (excluding diaryl/α,β-unsaturated/α-hetero) is 1. The van der Waals surface area contributed by atoms with Gasteiger partial charge in [0.25, 0.3) is 0 Å². The number of ketones is 1. The number of carbonyl (C=O) groups is 1. The molecule has 1 saturated carbocycles. The lowest BCUT2D eigenvalue weighted by atomic mass is 9.79. The number of carbonyl (C=O) groups excluding carboxylic acids is 1. The van der Waals surface area contributed by atoms with Crippen LogP contribution in [-0.4, -0.2) is 16.0 Å². The van der Waals surface area contributed by atoms with E-state index in [2.05, 4.69) is 0 Å². The molecule has 1 fully saturated rings. The average molecular weight is 300 g/mol. The van der Waals surface area contributed by atoms with Crippen LogP contribution in [0.1, 0.15) is 55.2 Å². The van der Waals surface area contributed by atoms with Crippen molar-refractivity contribution >= 4 is 11.4 Å². The zero-order chi connectivity index (χ0) is 15.9. The standard InChI is InChI=1S/C19H24O3/c1-11-7-15(20)8-12(2)18(11)19-16(21)9-13-3-4-14(6-5-13)10-17(19)22/h7-8,13-14,20-21H,3-6,9-10H2,1-2H3/b19-16-. The van der Waals surface area contributed by atoms with Gasteiger partial charge in [0.05, 0.1) is 5.57 Å². The van der Waals surface area contributed by atoms with Gasteiger partial charge in [-0.1, -0.05) is 0 Å². The van der Waals surface area contributed by atoms with E-state index in [0.29, 0.717) is 30.3 Å². The van der Waals surface area contributed by atoms with Gasteiger partial charge >= 0.3 is 0 Å². The van der Waals surface area contributed by atoms with Crippen molar-refractivity contribution in [3.8, 4) is 5.75 Å². The minimum atomic E-state index is 0.0574. The molecule has 3 aliphatic rings. The minimum absolute atomic E-state index is 0.0574. The number of aryl methyl sites for hydroxylation is 2. The van der Waals surface area contributed by atoms with E-state index in [9.17, 15) is 15.0 Å². The van der Waals surface area contributed by atoms with Gasteiger partial charge in [-0.15, -0.1) is 0 Å². The highest BCUT2D eigenvalue weighted by Gasteiger charge is 2.31. The molecule has 2 N–H and O–H groups in total. The molecule has 22 heavy (non-hydrogen) atoms. The summed E-state index contributed by atoms with van der Waals surface area (Å²) in [5.74, 6) is 1.46. The van der Waals surface area contributed by atoms with Crippen LogP contribution in [0.4, 0.5) is 0 Å². The monoisotopic (exact) mass is 300 g/mol. The Morgan fingerprint density at radius 1 is 0.909 bits per heavy atom. The molecule has 0 radical (unpaired) electrons. The van der Waals surface area contributed by atoms with E-state index in [1.807, 2.05) is 13.8 Å². The van der Waals surface area contributed by atoms with Gasteiger partial charge in [-0.3, -0.25) is 4.79 Å². The van der Waals surface area contributed by atoms with Gasteiger partial charge in [-0.05, 0) is 80.2 Å². The quantitative estimate of drug-likeness (QED) is 0.805. The molecule has 1 aromatic carbocycles. The first-order chi connectivity index (χ1) is 10.5.